The van der Waals surface area contributed by atoms with Gasteiger partial charge in [0.05, 0.1) is 5.02 Å². The zero-order chi connectivity index (χ0) is 20.3. The largest absolute Gasteiger partial charge is 0.479 e. The van der Waals surface area contributed by atoms with Gasteiger partial charge in [-0.3, -0.25) is 9.59 Å². The minimum atomic E-state index is -0.785. The first-order chi connectivity index (χ1) is 13.3. The molecule has 28 heavy (non-hydrogen) atoms. The van der Waals surface area contributed by atoms with E-state index in [4.69, 9.17) is 27.9 Å². The monoisotopic (exact) mass is 417 g/mol. The summed E-state index contributed by atoms with van der Waals surface area (Å²) in [5.41, 5.74) is 1.02. The number of hydrogen-bond donors (Lipinski definition) is 1. The molecule has 8 heteroatoms. The van der Waals surface area contributed by atoms with E-state index in [1.807, 2.05) is 0 Å². The molecular weight excluding hydrogens is 401 g/mol. The number of carbonyl (C=O) groups excluding carboxylic acids is 2. The number of anilines is 1. The van der Waals surface area contributed by atoms with Crippen molar-refractivity contribution in [2.75, 3.05) is 5.32 Å². The highest BCUT2D eigenvalue weighted by atomic mass is 35.5. The van der Waals surface area contributed by atoms with Crippen LogP contribution in [0.2, 0.25) is 10.0 Å². The van der Waals surface area contributed by atoms with Crippen LogP contribution in [0.15, 0.2) is 54.9 Å². The first kappa shape index (κ1) is 19.9. The van der Waals surface area contributed by atoms with E-state index in [0.717, 1.165) is 0 Å². The lowest BCUT2D eigenvalue weighted by atomic mass is 10.1. The van der Waals surface area contributed by atoms with Gasteiger partial charge in [-0.15, -0.1) is 0 Å². The maximum atomic E-state index is 12.4. The van der Waals surface area contributed by atoms with Gasteiger partial charge in [0, 0.05) is 35.7 Å². The van der Waals surface area contributed by atoms with Crippen molar-refractivity contribution < 1.29 is 14.3 Å². The molecule has 0 saturated carbocycles. The summed E-state index contributed by atoms with van der Waals surface area (Å²) in [5.74, 6) is 0.164. The number of hydrogen-bond acceptors (Lipinski definition) is 4. The van der Waals surface area contributed by atoms with Gasteiger partial charge in [-0.25, -0.2) is 4.98 Å². The minimum Gasteiger partial charge on any atom is -0.479 e. The van der Waals surface area contributed by atoms with Crippen LogP contribution >= 0.6 is 23.2 Å². The van der Waals surface area contributed by atoms with Crippen LogP contribution in [0.4, 0.5) is 5.69 Å². The van der Waals surface area contributed by atoms with Gasteiger partial charge in [0.25, 0.3) is 5.91 Å². The summed E-state index contributed by atoms with van der Waals surface area (Å²) < 4.78 is 7.24. The fourth-order valence-corrected chi connectivity index (χ4v) is 2.93. The van der Waals surface area contributed by atoms with Crippen LogP contribution in [0, 0.1) is 0 Å². The van der Waals surface area contributed by atoms with E-state index in [9.17, 15) is 9.59 Å². The number of aromatic nitrogens is 2. The van der Waals surface area contributed by atoms with Crippen molar-refractivity contribution in [3.05, 3.63) is 76.3 Å². The van der Waals surface area contributed by atoms with Crippen molar-refractivity contribution in [1.82, 2.24) is 9.55 Å². The number of nitrogens with one attached hydrogen (secondary N) is 1. The first-order valence-electron chi connectivity index (χ1n) is 8.40. The highest BCUT2D eigenvalue weighted by molar-refractivity contribution is 6.35. The Bertz CT molecular complexity index is 1020. The lowest BCUT2D eigenvalue weighted by Gasteiger charge is -2.16. The number of ketones is 1. The Morgan fingerprint density at radius 1 is 1.14 bits per heavy atom. The van der Waals surface area contributed by atoms with Crippen LogP contribution in [0.1, 0.15) is 23.1 Å². The van der Waals surface area contributed by atoms with Crippen molar-refractivity contribution >= 4 is 40.6 Å². The Morgan fingerprint density at radius 2 is 1.86 bits per heavy atom. The van der Waals surface area contributed by atoms with Gasteiger partial charge in [0.1, 0.15) is 5.75 Å². The molecule has 1 heterocycles. The minimum absolute atomic E-state index is 0.195. The van der Waals surface area contributed by atoms with Gasteiger partial charge >= 0.3 is 0 Å². The topological polar surface area (TPSA) is 73.2 Å². The van der Waals surface area contributed by atoms with Crippen molar-refractivity contribution in [2.24, 2.45) is 7.05 Å². The molecule has 0 bridgehead atoms. The molecule has 0 radical (unpaired) electrons. The highest BCUT2D eigenvalue weighted by Gasteiger charge is 2.17. The molecule has 0 unspecified atom stereocenters. The van der Waals surface area contributed by atoms with E-state index in [1.54, 1.807) is 73.4 Å². The molecule has 3 aromatic rings. The number of benzene rings is 2. The smallest absolute Gasteiger partial charge is 0.265 e. The molecule has 3 rings (SSSR count). The lowest BCUT2D eigenvalue weighted by Crippen LogP contribution is -2.30. The summed E-state index contributed by atoms with van der Waals surface area (Å²) in [6.07, 6.45) is 2.49. The molecule has 144 valence electrons. The first-order valence-corrected chi connectivity index (χ1v) is 9.15. The normalized spacial score (nSPS) is 11.7. The average molecular weight is 418 g/mol. The molecule has 1 aromatic heterocycles. The number of carbonyl (C=O) groups is 2. The van der Waals surface area contributed by atoms with Crippen molar-refractivity contribution in [2.45, 2.75) is 13.0 Å². The van der Waals surface area contributed by atoms with Gasteiger partial charge < -0.3 is 14.6 Å². The second-order valence-corrected chi connectivity index (χ2v) is 6.94. The second-order valence-electron chi connectivity index (χ2n) is 6.09. The zero-order valence-corrected chi connectivity index (χ0v) is 16.7. The average Bonchev–Trinajstić information content (AvgIpc) is 3.10. The summed E-state index contributed by atoms with van der Waals surface area (Å²) in [5, 5.41) is 3.54. The SMILES string of the molecule is C[C@@H](Oc1ccc(Cl)cc1Cl)C(=O)Nc1ccc(C(=O)c2nccn2C)cc1. The van der Waals surface area contributed by atoms with Crippen LogP contribution in [0.3, 0.4) is 0 Å². The number of halogens is 2. The Kier molecular flexibility index (Phi) is 6.02. The molecule has 6 nitrogen and oxygen atoms in total. The van der Waals surface area contributed by atoms with Gasteiger partial charge in [0.2, 0.25) is 5.78 Å². The van der Waals surface area contributed by atoms with Crippen LogP contribution in [-0.2, 0) is 11.8 Å². The molecule has 0 spiro atoms. The van der Waals surface area contributed by atoms with E-state index < -0.39 is 6.10 Å². The van der Waals surface area contributed by atoms with Gasteiger partial charge in [-0.05, 0) is 49.4 Å². The molecule has 1 N–H and O–H groups in total. The van der Waals surface area contributed by atoms with E-state index in [-0.39, 0.29) is 11.7 Å². The summed E-state index contributed by atoms with van der Waals surface area (Å²) in [7, 11) is 1.75. The van der Waals surface area contributed by atoms with Crippen molar-refractivity contribution in [1.29, 1.82) is 0 Å². The zero-order valence-electron chi connectivity index (χ0n) is 15.1. The van der Waals surface area contributed by atoms with Gasteiger partial charge in [-0.1, -0.05) is 23.2 Å². The Morgan fingerprint density at radius 3 is 2.46 bits per heavy atom. The predicted molar refractivity (Wildman–Crippen MR) is 108 cm³/mol. The third-order valence-corrected chi connectivity index (χ3v) is 4.54. The molecule has 0 saturated heterocycles. The maximum Gasteiger partial charge on any atom is 0.265 e. The number of aryl methyl sites for hydroxylation is 1. The predicted octanol–water partition coefficient (Wildman–Crippen LogP) is 4.36. The number of nitrogens with zero attached hydrogens (tertiary/aromatic N) is 2. The van der Waals surface area contributed by atoms with Crippen LogP contribution < -0.4 is 10.1 Å². The van der Waals surface area contributed by atoms with Crippen LogP contribution in [0.25, 0.3) is 0 Å². The van der Waals surface area contributed by atoms with Gasteiger partial charge in [-0.2, -0.15) is 0 Å². The molecule has 0 aliphatic rings. The van der Waals surface area contributed by atoms with E-state index in [2.05, 4.69) is 10.3 Å². The van der Waals surface area contributed by atoms with E-state index in [0.29, 0.717) is 32.9 Å². The highest BCUT2D eigenvalue weighted by Crippen LogP contribution is 2.28. The fraction of sp³-hybridized carbons (Fsp3) is 0.150. The molecular formula is C20H17Cl2N3O3. The quantitative estimate of drug-likeness (QED) is 0.604. The molecule has 0 aliphatic heterocycles. The van der Waals surface area contributed by atoms with E-state index in [1.165, 1.54) is 0 Å². The third kappa shape index (κ3) is 4.52. The Balaban J connectivity index is 1.64. The summed E-state index contributed by atoms with van der Waals surface area (Å²) in [6.45, 7) is 1.61. The number of ether oxygens (including phenoxy) is 1. The fourth-order valence-electron chi connectivity index (χ4n) is 2.48. The molecule has 1 atom stereocenters. The lowest BCUT2D eigenvalue weighted by molar-refractivity contribution is -0.122. The molecule has 0 fully saturated rings. The maximum absolute atomic E-state index is 12.4. The molecule has 0 aliphatic carbocycles. The van der Waals surface area contributed by atoms with Crippen molar-refractivity contribution in [3.63, 3.8) is 0 Å². The summed E-state index contributed by atoms with van der Waals surface area (Å²) >= 11 is 11.9. The standard InChI is InChI=1S/C20H17Cl2N3O3/c1-12(28-17-8-5-14(21)11-16(17)22)20(27)24-15-6-3-13(4-7-15)18(26)19-23-9-10-25(19)2/h3-12H,1-2H3,(H,24,27)/t12-/m1/s1. The van der Waals surface area contributed by atoms with Crippen LogP contribution in [0.5, 0.6) is 5.75 Å². The third-order valence-electron chi connectivity index (χ3n) is 4.01. The van der Waals surface area contributed by atoms with Gasteiger partial charge in [0.15, 0.2) is 11.9 Å². The Labute approximate surface area is 172 Å². The summed E-state index contributed by atoms with van der Waals surface area (Å²) in [4.78, 5) is 28.8. The van der Waals surface area contributed by atoms with E-state index >= 15 is 0 Å². The second kappa shape index (κ2) is 8.46. The molecule has 1 amide bonds. The Hall–Kier alpha value is -2.83. The summed E-state index contributed by atoms with van der Waals surface area (Å²) in [6, 6.07) is 11.3. The van der Waals surface area contributed by atoms with Crippen molar-refractivity contribution in [3.8, 4) is 5.75 Å². The number of amides is 1. The number of rotatable bonds is 6. The van der Waals surface area contributed by atoms with Crippen LogP contribution in [-0.4, -0.2) is 27.3 Å². The molecule has 2 aromatic carbocycles. The number of imidazole rings is 1.